The number of ether oxygens (including phenoxy) is 1. The molecule has 7 nitrogen and oxygen atoms in total. The average Bonchev–Trinajstić information content (AvgIpc) is 2.65. The molecule has 0 saturated carbocycles. The van der Waals surface area contributed by atoms with Gasteiger partial charge in [0.15, 0.2) is 5.96 Å². The second-order valence-corrected chi connectivity index (χ2v) is 6.75. The maximum Gasteiger partial charge on any atom is 0.220 e. The van der Waals surface area contributed by atoms with Gasteiger partial charge in [0, 0.05) is 50.9 Å². The fourth-order valence-corrected chi connectivity index (χ4v) is 3.46. The largest absolute Gasteiger partial charge is 0.496 e. The van der Waals surface area contributed by atoms with E-state index in [2.05, 4.69) is 25.5 Å². The first-order valence-corrected chi connectivity index (χ1v) is 9.15. The number of amides is 1. The van der Waals surface area contributed by atoms with E-state index >= 15 is 0 Å². The highest BCUT2D eigenvalue weighted by Crippen LogP contribution is 2.24. The Labute approximate surface area is 179 Å². The lowest BCUT2D eigenvalue weighted by Gasteiger charge is -2.34. The Morgan fingerprint density at radius 3 is 2.59 bits per heavy atom. The van der Waals surface area contributed by atoms with Gasteiger partial charge in [-0.1, -0.05) is 0 Å². The van der Waals surface area contributed by atoms with Gasteiger partial charge in [0.05, 0.1) is 19.3 Å². The molecule has 1 aliphatic rings. The van der Waals surface area contributed by atoms with Crippen molar-refractivity contribution in [3.8, 4) is 5.75 Å². The number of piperidine rings is 1. The molecular weight excluding hydrogens is 457 g/mol. The van der Waals surface area contributed by atoms with Crippen molar-refractivity contribution < 1.29 is 9.53 Å². The molecule has 27 heavy (non-hydrogen) atoms. The van der Waals surface area contributed by atoms with Crippen molar-refractivity contribution in [1.29, 1.82) is 0 Å². The van der Waals surface area contributed by atoms with Crippen molar-refractivity contribution in [3.05, 3.63) is 23.0 Å². The third-order valence-corrected chi connectivity index (χ3v) is 5.04. The van der Waals surface area contributed by atoms with E-state index in [1.54, 1.807) is 21.2 Å². The minimum Gasteiger partial charge on any atom is -0.496 e. The highest BCUT2D eigenvalue weighted by Gasteiger charge is 2.23. The minimum absolute atomic E-state index is 0. The second-order valence-electron chi connectivity index (χ2n) is 6.75. The lowest BCUT2D eigenvalue weighted by Crippen LogP contribution is -2.45. The number of pyridine rings is 1. The average molecular weight is 489 g/mol. The number of hydrogen-bond acceptors (Lipinski definition) is 4. The standard InChI is InChI=1S/C19H31N5O2.HI/c1-13-11-22-16(14(2)18(13)26-5)12-23-19(21-4)24-8-6-15(7-9-24)10-17(25)20-3;/h11,15H,6-10,12H2,1-5H3,(H,20,25)(H,21,23);1H. The Morgan fingerprint density at radius 1 is 1.37 bits per heavy atom. The number of guanidine groups is 1. The van der Waals surface area contributed by atoms with Crippen molar-refractivity contribution >= 4 is 35.8 Å². The fraction of sp³-hybridized carbons (Fsp3) is 0.632. The number of nitrogens with zero attached hydrogens (tertiary/aromatic N) is 3. The predicted octanol–water partition coefficient (Wildman–Crippen LogP) is 2.25. The highest BCUT2D eigenvalue weighted by molar-refractivity contribution is 14.0. The van der Waals surface area contributed by atoms with Crippen LogP contribution in [-0.4, -0.2) is 56.0 Å². The molecule has 1 aromatic rings. The normalized spacial score (nSPS) is 15.1. The van der Waals surface area contributed by atoms with E-state index in [1.807, 2.05) is 20.0 Å². The van der Waals surface area contributed by atoms with Gasteiger partial charge in [0.2, 0.25) is 5.91 Å². The maximum atomic E-state index is 11.5. The summed E-state index contributed by atoms with van der Waals surface area (Å²) in [6.07, 6.45) is 4.46. The Balaban J connectivity index is 0.00000364. The van der Waals surface area contributed by atoms with E-state index < -0.39 is 0 Å². The van der Waals surface area contributed by atoms with Crippen LogP contribution in [0, 0.1) is 19.8 Å². The van der Waals surface area contributed by atoms with Gasteiger partial charge in [0.25, 0.3) is 0 Å². The molecule has 0 aliphatic carbocycles. The van der Waals surface area contributed by atoms with E-state index in [0.717, 1.165) is 54.5 Å². The number of rotatable bonds is 5. The Morgan fingerprint density at radius 2 is 2.04 bits per heavy atom. The first-order valence-electron chi connectivity index (χ1n) is 9.15. The zero-order valence-corrected chi connectivity index (χ0v) is 19.3. The number of aryl methyl sites for hydroxylation is 1. The van der Waals surface area contributed by atoms with Crippen LogP contribution >= 0.6 is 24.0 Å². The molecule has 0 unspecified atom stereocenters. The summed E-state index contributed by atoms with van der Waals surface area (Å²) in [4.78, 5) is 22.7. The summed E-state index contributed by atoms with van der Waals surface area (Å²) in [5.41, 5.74) is 3.05. The molecule has 0 bridgehead atoms. The van der Waals surface area contributed by atoms with Crippen LogP contribution in [0.1, 0.15) is 36.1 Å². The summed E-state index contributed by atoms with van der Waals surface area (Å²) < 4.78 is 5.48. The Hall–Kier alpha value is -1.58. The second kappa shape index (κ2) is 11.3. The molecule has 2 N–H and O–H groups in total. The molecule has 2 rings (SSSR count). The molecule has 1 aromatic heterocycles. The summed E-state index contributed by atoms with van der Waals surface area (Å²) in [5, 5.41) is 6.12. The first-order chi connectivity index (χ1) is 12.5. The molecule has 2 heterocycles. The number of nitrogens with one attached hydrogen (secondary N) is 2. The first kappa shape index (κ1) is 23.5. The third kappa shape index (κ3) is 6.22. The summed E-state index contributed by atoms with van der Waals surface area (Å²) in [5.74, 6) is 2.35. The number of methoxy groups -OCH3 is 1. The molecule has 152 valence electrons. The van der Waals surface area contributed by atoms with E-state index in [1.165, 1.54) is 0 Å². The monoisotopic (exact) mass is 489 g/mol. The summed E-state index contributed by atoms with van der Waals surface area (Å²) in [6, 6.07) is 0. The maximum absolute atomic E-state index is 11.5. The molecule has 1 amide bonds. The number of aliphatic imine (C=N–C) groups is 1. The number of hydrogen-bond donors (Lipinski definition) is 2. The predicted molar refractivity (Wildman–Crippen MR) is 119 cm³/mol. The molecule has 8 heteroatoms. The molecule has 1 fully saturated rings. The summed E-state index contributed by atoms with van der Waals surface area (Å²) in [7, 11) is 5.18. The minimum atomic E-state index is 0. The van der Waals surface area contributed by atoms with Crippen molar-refractivity contribution in [2.24, 2.45) is 10.9 Å². The number of likely N-dealkylation sites (tertiary alicyclic amines) is 1. The van der Waals surface area contributed by atoms with Gasteiger partial charge in [-0.05, 0) is 32.6 Å². The number of carbonyl (C=O) groups is 1. The number of aromatic nitrogens is 1. The number of carbonyl (C=O) groups excluding carboxylic acids is 1. The van der Waals surface area contributed by atoms with Crippen LogP contribution in [0.3, 0.4) is 0 Å². The van der Waals surface area contributed by atoms with E-state index in [0.29, 0.717) is 18.9 Å². The molecule has 0 aromatic carbocycles. The van der Waals surface area contributed by atoms with Gasteiger partial charge in [-0.3, -0.25) is 14.8 Å². The molecule has 0 atom stereocenters. The van der Waals surface area contributed by atoms with E-state index in [9.17, 15) is 4.79 Å². The van der Waals surface area contributed by atoms with Crippen molar-refractivity contribution in [2.45, 2.75) is 39.7 Å². The van der Waals surface area contributed by atoms with Gasteiger partial charge in [-0.25, -0.2) is 0 Å². The zero-order valence-electron chi connectivity index (χ0n) is 17.0. The van der Waals surface area contributed by atoms with Crippen LogP contribution in [-0.2, 0) is 11.3 Å². The van der Waals surface area contributed by atoms with Crippen molar-refractivity contribution in [1.82, 2.24) is 20.5 Å². The van der Waals surface area contributed by atoms with Crippen LogP contribution in [0.4, 0.5) is 0 Å². The Kier molecular flexibility index (Phi) is 9.82. The van der Waals surface area contributed by atoms with Gasteiger partial charge in [0.1, 0.15) is 5.75 Å². The van der Waals surface area contributed by atoms with E-state index in [4.69, 9.17) is 4.74 Å². The van der Waals surface area contributed by atoms with Crippen LogP contribution in [0.15, 0.2) is 11.2 Å². The van der Waals surface area contributed by atoms with Crippen LogP contribution in [0.25, 0.3) is 0 Å². The van der Waals surface area contributed by atoms with Crippen LogP contribution in [0.5, 0.6) is 5.75 Å². The van der Waals surface area contributed by atoms with Gasteiger partial charge >= 0.3 is 0 Å². The van der Waals surface area contributed by atoms with Gasteiger partial charge < -0.3 is 20.3 Å². The quantitative estimate of drug-likeness (QED) is 0.377. The smallest absolute Gasteiger partial charge is 0.220 e. The van der Waals surface area contributed by atoms with Gasteiger partial charge in [-0.15, -0.1) is 24.0 Å². The van der Waals surface area contributed by atoms with Crippen LogP contribution < -0.4 is 15.4 Å². The van der Waals surface area contributed by atoms with Crippen LogP contribution in [0.2, 0.25) is 0 Å². The molecule has 0 spiro atoms. The Bertz CT molecular complexity index is 658. The molecule has 0 radical (unpaired) electrons. The van der Waals surface area contributed by atoms with Crippen molar-refractivity contribution in [3.63, 3.8) is 0 Å². The third-order valence-electron chi connectivity index (χ3n) is 5.04. The number of halogens is 1. The SMILES string of the molecule is CN=C(NCc1ncc(C)c(OC)c1C)N1CCC(CC(=O)NC)CC1.I. The summed E-state index contributed by atoms with van der Waals surface area (Å²) >= 11 is 0. The fourth-order valence-electron chi connectivity index (χ4n) is 3.46. The van der Waals surface area contributed by atoms with E-state index in [-0.39, 0.29) is 29.9 Å². The highest BCUT2D eigenvalue weighted by atomic mass is 127. The molecule has 1 aliphatic heterocycles. The van der Waals surface area contributed by atoms with Gasteiger partial charge in [-0.2, -0.15) is 0 Å². The lowest BCUT2D eigenvalue weighted by atomic mass is 9.93. The molecular formula is C19H32IN5O2. The summed E-state index contributed by atoms with van der Waals surface area (Å²) in [6.45, 7) is 6.45. The van der Waals surface area contributed by atoms with Crippen molar-refractivity contribution in [2.75, 3.05) is 34.3 Å². The zero-order chi connectivity index (χ0) is 19.1. The molecule has 1 saturated heterocycles. The lowest BCUT2D eigenvalue weighted by molar-refractivity contribution is -0.121. The topological polar surface area (TPSA) is 78.9 Å².